The first kappa shape index (κ1) is 13.9. The molecule has 0 spiro atoms. The Bertz CT molecular complexity index is 453. The summed E-state index contributed by atoms with van der Waals surface area (Å²) in [7, 11) is 0. The first-order valence-corrected chi connectivity index (χ1v) is 5.94. The second-order valence-electron chi connectivity index (χ2n) is 4.52. The van der Waals surface area contributed by atoms with E-state index in [-0.39, 0.29) is 5.56 Å². The Balaban J connectivity index is 2.03. The molecule has 0 bridgehead atoms. The molecule has 2 atom stereocenters. The molecule has 104 valence electrons. The Hall–Kier alpha value is -1.56. The van der Waals surface area contributed by atoms with Crippen molar-refractivity contribution in [3.05, 3.63) is 35.4 Å². The standard InChI is InChI=1S/C13H13F3O3/c14-13(15,16)9-6-4-8(5-7-9)12(18)19-11-3-1-2-10(11)17/h4-7,10-11,17H,1-3H2/t10-,11-/m1/s1. The summed E-state index contributed by atoms with van der Waals surface area (Å²) in [6.45, 7) is 0. The number of carbonyl (C=O) groups excluding carboxylic acids is 1. The quantitative estimate of drug-likeness (QED) is 0.843. The van der Waals surface area contributed by atoms with E-state index in [4.69, 9.17) is 4.74 Å². The average molecular weight is 274 g/mol. The van der Waals surface area contributed by atoms with E-state index in [1.165, 1.54) is 0 Å². The van der Waals surface area contributed by atoms with Gasteiger partial charge in [-0.05, 0) is 43.5 Å². The minimum absolute atomic E-state index is 0.0482. The predicted molar refractivity (Wildman–Crippen MR) is 60.5 cm³/mol. The van der Waals surface area contributed by atoms with Crippen molar-refractivity contribution in [3.8, 4) is 0 Å². The average Bonchev–Trinajstić information content (AvgIpc) is 2.74. The SMILES string of the molecule is O=C(O[C@@H]1CCC[C@H]1O)c1ccc(C(F)(F)F)cc1. The number of hydrogen-bond donors (Lipinski definition) is 1. The van der Waals surface area contributed by atoms with Gasteiger partial charge in [0.1, 0.15) is 6.10 Å². The van der Waals surface area contributed by atoms with E-state index >= 15 is 0 Å². The largest absolute Gasteiger partial charge is 0.456 e. The number of aliphatic hydroxyl groups excluding tert-OH is 1. The molecule has 1 aromatic carbocycles. The highest BCUT2D eigenvalue weighted by Crippen LogP contribution is 2.29. The van der Waals surface area contributed by atoms with Gasteiger partial charge in [-0.15, -0.1) is 0 Å². The van der Waals surface area contributed by atoms with Gasteiger partial charge in [-0.1, -0.05) is 0 Å². The summed E-state index contributed by atoms with van der Waals surface area (Å²) in [5.41, 5.74) is -0.767. The van der Waals surface area contributed by atoms with Gasteiger partial charge in [-0.3, -0.25) is 0 Å². The number of rotatable bonds is 2. The summed E-state index contributed by atoms with van der Waals surface area (Å²) in [6.07, 6.45) is -3.75. The number of carbonyl (C=O) groups is 1. The third-order valence-electron chi connectivity index (χ3n) is 3.12. The number of ether oxygens (including phenoxy) is 1. The lowest BCUT2D eigenvalue weighted by atomic mass is 10.1. The number of halogens is 3. The molecule has 0 unspecified atom stereocenters. The van der Waals surface area contributed by atoms with Crippen LogP contribution in [-0.2, 0) is 10.9 Å². The number of hydrogen-bond acceptors (Lipinski definition) is 3. The zero-order valence-corrected chi connectivity index (χ0v) is 9.98. The molecule has 0 radical (unpaired) electrons. The molecule has 1 aliphatic carbocycles. The molecule has 19 heavy (non-hydrogen) atoms. The lowest BCUT2D eigenvalue weighted by Gasteiger charge is -2.15. The van der Waals surface area contributed by atoms with Gasteiger partial charge in [-0.25, -0.2) is 4.79 Å². The van der Waals surface area contributed by atoms with Gasteiger partial charge >= 0.3 is 12.1 Å². The van der Waals surface area contributed by atoms with Gasteiger partial charge in [0.15, 0.2) is 0 Å². The fourth-order valence-electron chi connectivity index (χ4n) is 2.04. The fraction of sp³-hybridized carbons (Fsp3) is 0.462. The summed E-state index contributed by atoms with van der Waals surface area (Å²) in [4.78, 5) is 11.7. The van der Waals surface area contributed by atoms with Crippen LogP contribution in [0.3, 0.4) is 0 Å². The molecule has 0 heterocycles. The molecule has 1 aliphatic rings. The maximum Gasteiger partial charge on any atom is 0.416 e. The van der Waals surface area contributed by atoms with Gasteiger partial charge in [0, 0.05) is 0 Å². The normalized spacial score (nSPS) is 23.4. The van der Waals surface area contributed by atoms with Gasteiger partial charge in [-0.2, -0.15) is 13.2 Å². The van der Waals surface area contributed by atoms with Crippen LogP contribution in [0, 0.1) is 0 Å². The van der Waals surface area contributed by atoms with E-state index < -0.39 is 29.9 Å². The van der Waals surface area contributed by atoms with E-state index in [9.17, 15) is 23.1 Å². The summed E-state index contributed by atoms with van der Waals surface area (Å²) in [6, 6.07) is 3.82. The summed E-state index contributed by atoms with van der Waals surface area (Å²) in [5.74, 6) is -0.709. The van der Waals surface area contributed by atoms with Gasteiger partial charge in [0.2, 0.25) is 0 Å². The molecule has 0 aromatic heterocycles. The maximum absolute atomic E-state index is 12.4. The molecule has 1 saturated carbocycles. The second kappa shape index (κ2) is 5.21. The molecule has 1 aromatic rings. The molecule has 2 rings (SSSR count). The molecule has 1 fully saturated rings. The second-order valence-corrected chi connectivity index (χ2v) is 4.52. The number of esters is 1. The van der Waals surface area contributed by atoms with Crippen molar-refractivity contribution < 1.29 is 27.8 Å². The summed E-state index contributed by atoms with van der Waals surface area (Å²) < 4.78 is 42.1. The Morgan fingerprint density at radius 2 is 1.84 bits per heavy atom. The van der Waals surface area contributed by atoms with Crippen LogP contribution in [0.1, 0.15) is 35.2 Å². The molecule has 1 N–H and O–H groups in total. The third-order valence-corrected chi connectivity index (χ3v) is 3.12. The first-order chi connectivity index (χ1) is 8.88. The van der Waals surface area contributed by atoms with Crippen molar-refractivity contribution in [2.75, 3.05) is 0 Å². The van der Waals surface area contributed by atoms with Gasteiger partial charge in [0.25, 0.3) is 0 Å². The Morgan fingerprint density at radius 3 is 2.32 bits per heavy atom. The van der Waals surface area contributed by atoms with Crippen LogP contribution in [0.2, 0.25) is 0 Å². The van der Waals surface area contributed by atoms with Crippen LogP contribution < -0.4 is 0 Å². The first-order valence-electron chi connectivity index (χ1n) is 5.94. The van der Waals surface area contributed by atoms with Crippen molar-refractivity contribution in [1.29, 1.82) is 0 Å². The van der Waals surface area contributed by atoms with Crippen LogP contribution in [0.25, 0.3) is 0 Å². The highest BCUT2D eigenvalue weighted by molar-refractivity contribution is 5.89. The van der Waals surface area contributed by atoms with Crippen LogP contribution in [0.4, 0.5) is 13.2 Å². The van der Waals surface area contributed by atoms with Crippen molar-refractivity contribution in [3.63, 3.8) is 0 Å². The van der Waals surface area contributed by atoms with Crippen molar-refractivity contribution >= 4 is 5.97 Å². The highest BCUT2D eigenvalue weighted by Gasteiger charge is 2.31. The number of aliphatic hydroxyl groups is 1. The van der Waals surface area contributed by atoms with Crippen molar-refractivity contribution in [1.82, 2.24) is 0 Å². The molecular weight excluding hydrogens is 261 g/mol. The van der Waals surface area contributed by atoms with E-state index in [0.717, 1.165) is 30.7 Å². The lowest BCUT2D eigenvalue weighted by molar-refractivity contribution is -0.137. The zero-order chi connectivity index (χ0) is 14.0. The van der Waals surface area contributed by atoms with Crippen LogP contribution in [-0.4, -0.2) is 23.3 Å². The van der Waals surface area contributed by atoms with E-state index in [1.54, 1.807) is 0 Å². The van der Waals surface area contributed by atoms with Crippen LogP contribution >= 0.6 is 0 Å². The van der Waals surface area contributed by atoms with Gasteiger partial charge < -0.3 is 9.84 Å². The van der Waals surface area contributed by atoms with E-state index in [1.807, 2.05) is 0 Å². The van der Waals surface area contributed by atoms with E-state index in [2.05, 4.69) is 0 Å². The number of benzene rings is 1. The minimum atomic E-state index is -4.43. The summed E-state index contributed by atoms with van der Waals surface area (Å²) >= 11 is 0. The minimum Gasteiger partial charge on any atom is -0.456 e. The van der Waals surface area contributed by atoms with Crippen molar-refractivity contribution in [2.24, 2.45) is 0 Å². The molecule has 6 heteroatoms. The van der Waals surface area contributed by atoms with Crippen LogP contribution in [0.5, 0.6) is 0 Å². The smallest absolute Gasteiger partial charge is 0.416 e. The molecule has 3 nitrogen and oxygen atoms in total. The number of alkyl halides is 3. The van der Waals surface area contributed by atoms with E-state index in [0.29, 0.717) is 12.8 Å². The van der Waals surface area contributed by atoms with Crippen molar-refractivity contribution in [2.45, 2.75) is 37.6 Å². The van der Waals surface area contributed by atoms with Crippen LogP contribution in [0.15, 0.2) is 24.3 Å². The monoisotopic (exact) mass is 274 g/mol. The highest BCUT2D eigenvalue weighted by atomic mass is 19.4. The Morgan fingerprint density at radius 1 is 1.21 bits per heavy atom. The topological polar surface area (TPSA) is 46.5 Å². The summed E-state index contributed by atoms with van der Waals surface area (Å²) in [5, 5.41) is 9.51. The fourth-order valence-corrected chi connectivity index (χ4v) is 2.04. The predicted octanol–water partition coefficient (Wildman–Crippen LogP) is 2.78. The molecule has 0 aliphatic heterocycles. The third kappa shape index (κ3) is 3.26. The maximum atomic E-state index is 12.4. The Kier molecular flexibility index (Phi) is 3.80. The molecule has 0 saturated heterocycles. The Labute approximate surface area is 108 Å². The molecule has 0 amide bonds. The van der Waals surface area contributed by atoms with Gasteiger partial charge in [0.05, 0.1) is 17.2 Å². The zero-order valence-electron chi connectivity index (χ0n) is 9.98. The lowest BCUT2D eigenvalue weighted by Crippen LogP contribution is -2.26. The molecular formula is C13H13F3O3.